The van der Waals surface area contributed by atoms with Crippen molar-refractivity contribution in [1.29, 1.82) is 0 Å². The van der Waals surface area contributed by atoms with Crippen LogP contribution in [0.15, 0.2) is 48.5 Å². The minimum Gasteiger partial charge on any atom is -0.324 e. The van der Waals surface area contributed by atoms with Gasteiger partial charge in [0.25, 0.3) is 5.91 Å². The molecule has 1 saturated carbocycles. The Labute approximate surface area is 195 Å². The predicted octanol–water partition coefficient (Wildman–Crippen LogP) is 4.17. The van der Waals surface area contributed by atoms with Crippen LogP contribution in [0.3, 0.4) is 0 Å². The summed E-state index contributed by atoms with van der Waals surface area (Å²) in [4.78, 5) is 28.6. The smallest absolute Gasteiger partial charge is 0.254 e. The number of sulfonamides is 1. The number of amides is 2. The molecule has 33 heavy (non-hydrogen) atoms. The Morgan fingerprint density at radius 1 is 1.06 bits per heavy atom. The Morgan fingerprint density at radius 3 is 2.48 bits per heavy atom. The fraction of sp³-hybridized carbons (Fsp3) is 0.440. The summed E-state index contributed by atoms with van der Waals surface area (Å²) >= 11 is 0. The number of hydrogen-bond acceptors (Lipinski definition) is 4. The van der Waals surface area contributed by atoms with Crippen molar-refractivity contribution in [2.24, 2.45) is 5.92 Å². The fourth-order valence-electron chi connectivity index (χ4n) is 5.04. The molecule has 2 aromatic rings. The topological polar surface area (TPSA) is 95.6 Å². The van der Waals surface area contributed by atoms with E-state index in [1.165, 1.54) is 0 Å². The van der Waals surface area contributed by atoms with Gasteiger partial charge in [0.15, 0.2) is 0 Å². The van der Waals surface area contributed by atoms with Crippen LogP contribution in [0, 0.1) is 12.8 Å². The van der Waals surface area contributed by atoms with Crippen molar-refractivity contribution in [3.63, 3.8) is 0 Å². The molecule has 0 aromatic heterocycles. The first-order valence-electron chi connectivity index (χ1n) is 11.6. The van der Waals surface area contributed by atoms with Crippen LogP contribution in [0.25, 0.3) is 0 Å². The third-order valence-electron chi connectivity index (χ3n) is 6.79. The summed E-state index contributed by atoms with van der Waals surface area (Å²) in [6.07, 6.45) is 4.85. The Hall–Kier alpha value is -2.87. The molecule has 1 heterocycles. The maximum absolute atomic E-state index is 13.4. The van der Waals surface area contributed by atoms with Crippen molar-refractivity contribution in [1.82, 2.24) is 4.90 Å². The lowest BCUT2D eigenvalue weighted by molar-refractivity contribution is -0.120. The van der Waals surface area contributed by atoms with Crippen LogP contribution in [-0.4, -0.2) is 43.0 Å². The van der Waals surface area contributed by atoms with E-state index in [4.69, 9.17) is 0 Å². The second kappa shape index (κ2) is 9.55. The first-order chi connectivity index (χ1) is 15.8. The molecular weight excluding hydrogens is 438 g/mol. The van der Waals surface area contributed by atoms with Crippen LogP contribution in [0.2, 0.25) is 0 Å². The van der Waals surface area contributed by atoms with E-state index in [0.29, 0.717) is 34.8 Å². The van der Waals surface area contributed by atoms with Crippen molar-refractivity contribution >= 4 is 33.2 Å². The lowest BCUT2D eigenvalue weighted by Crippen LogP contribution is -2.47. The molecule has 2 aromatic carbocycles. The standard InChI is InChI=1S/C25H31N3O4S/c1-3-33(31,32)27-21-14-13-20(15-17(21)2)26-24(29)23-16-19-11-7-8-12-22(19)28(23)25(30)18-9-5-4-6-10-18/h4-6,9-10,13-15,19,22-23,27H,3,7-8,11-12,16H2,1-2H3,(H,26,29). The van der Waals surface area contributed by atoms with E-state index in [2.05, 4.69) is 10.0 Å². The molecule has 2 N–H and O–H groups in total. The molecule has 3 atom stereocenters. The van der Waals surface area contributed by atoms with Crippen molar-refractivity contribution in [2.75, 3.05) is 15.8 Å². The normalized spacial score (nSPS) is 22.5. The van der Waals surface area contributed by atoms with Crippen molar-refractivity contribution in [3.8, 4) is 0 Å². The van der Waals surface area contributed by atoms with E-state index >= 15 is 0 Å². The van der Waals surface area contributed by atoms with Gasteiger partial charge in [-0.15, -0.1) is 0 Å². The van der Waals surface area contributed by atoms with Gasteiger partial charge in [0, 0.05) is 17.3 Å². The van der Waals surface area contributed by atoms with E-state index < -0.39 is 16.1 Å². The number of hydrogen-bond donors (Lipinski definition) is 2. The quantitative estimate of drug-likeness (QED) is 0.664. The zero-order chi connectivity index (χ0) is 23.6. The summed E-state index contributed by atoms with van der Waals surface area (Å²) in [5, 5.41) is 2.96. The average molecular weight is 470 g/mol. The van der Waals surface area contributed by atoms with Gasteiger partial charge in [-0.1, -0.05) is 31.0 Å². The molecule has 8 heteroatoms. The van der Waals surface area contributed by atoms with Gasteiger partial charge in [-0.05, 0) is 74.9 Å². The minimum atomic E-state index is -3.38. The summed E-state index contributed by atoms with van der Waals surface area (Å²) in [6.45, 7) is 3.37. The summed E-state index contributed by atoms with van der Waals surface area (Å²) in [5.41, 5.74) is 2.38. The van der Waals surface area contributed by atoms with E-state index in [-0.39, 0.29) is 23.6 Å². The molecule has 1 aliphatic heterocycles. The number of aryl methyl sites for hydroxylation is 1. The van der Waals surface area contributed by atoms with Crippen molar-refractivity contribution in [2.45, 2.75) is 58.0 Å². The molecule has 176 valence electrons. The summed E-state index contributed by atoms with van der Waals surface area (Å²) in [7, 11) is -3.38. The summed E-state index contributed by atoms with van der Waals surface area (Å²) in [6, 6.07) is 13.8. The second-order valence-electron chi connectivity index (χ2n) is 8.97. The number of carbonyl (C=O) groups excluding carboxylic acids is 2. The first kappa shape index (κ1) is 23.3. The Bertz CT molecular complexity index is 1130. The van der Waals surface area contributed by atoms with Gasteiger partial charge in [-0.25, -0.2) is 8.42 Å². The molecule has 4 rings (SSSR count). The highest BCUT2D eigenvalue weighted by Gasteiger charge is 2.47. The molecule has 3 unspecified atom stereocenters. The molecule has 0 bridgehead atoms. The maximum Gasteiger partial charge on any atom is 0.254 e. The first-order valence-corrected chi connectivity index (χ1v) is 13.2. The zero-order valence-electron chi connectivity index (χ0n) is 19.1. The fourth-order valence-corrected chi connectivity index (χ4v) is 5.75. The van der Waals surface area contributed by atoms with Gasteiger partial charge in [-0.3, -0.25) is 14.3 Å². The summed E-state index contributed by atoms with van der Waals surface area (Å²) < 4.78 is 26.3. The van der Waals surface area contributed by atoms with Crippen LogP contribution in [0.4, 0.5) is 11.4 Å². The van der Waals surface area contributed by atoms with Crippen LogP contribution in [0.5, 0.6) is 0 Å². The summed E-state index contributed by atoms with van der Waals surface area (Å²) in [5.74, 6) is 0.0376. The Kier molecular flexibility index (Phi) is 6.74. The number of fused-ring (bicyclic) bond motifs is 1. The molecule has 0 radical (unpaired) electrons. The lowest BCUT2D eigenvalue weighted by atomic mass is 9.84. The highest BCUT2D eigenvalue weighted by atomic mass is 32.2. The SMILES string of the molecule is CCS(=O)(=O)Nc1ccc(NC(=O)C2CC3CCCCC3N2C(=O)c2ccccc2)cc1C. The molecule has 7 nitrogen and oxygen atoms in total. The molecular formula is C25H31N3O4S. The van der Waals surface area contributed by atoms with E-state index in [9.17, 15) is 18.0 Å². The number of anilines is 2. The largest absolute Gasteiger partial charge is 0.324 e. The van der Waals surface area contributed by atoms with Crippen LogP contribution >= 0.6 is 0 Å². The third-order valence-corrected chi connectivity index (χ3v) is 8.08. The molecule has 1 aliphatic carbocycles. The van der Waals surface area contributed by atoms with Gasteiger partial charge in [0.1, 0.15) is 6.04 Å². The Morgan fingerprint density at radius 2 is 1.79 bits per heavy atom. The number of nitrogens with one attached hydrogen (secondary N) is 2. The van der Waals surface area contributed by atoms with E-state index in [1.54, 1.807) is 44.2 Å². The minimum absolute atomic E-state index is 0.0137. The number of carbonyl (C=O) groups is 2. The van der Waals surface area contributed by atoms with E-state index in [1.807, 2.05) is 23.1 Å². The molecule has 2 aliphatic rings. The van der Waals surface area contributed by atoms with E-state index in [0.717, 1.165) is 25.7 Å². The maximum atomic E-state index is 13.4. The zero-order valence-corrected chi connectivity index (χ0v) is 19.9. The average Bonchev–Trinajstić information content (AvgIpc) is 3.21. The molecule has 1 saturated heterocycles. The predicted molar refractivity (Wildman–Crippen MR) is 130 cm³/mol. The molecule has 2 fully saturated rings. The van der Waals surface area contributed by atoms with Gasteiger partial charge in [-0.2, -0.15) is 0 Å². The van der Waals surface area contributed by atoms with Crippen molar-refractivity contribution < 1.29 is 18.0 Å². The third kappa shape index (κ3) is 5.05. The highest BCUT2D eigenvalue weighted by molar-refractivity contribution is 7.92. The monoisotopic (exact) mass is 469 g/mol. The van der Waals surface area contributed by atoms with Gasteiger partial charge < -0.3 is 10.2 Å². The number of likely N-dealkylation sites (tertiary alicyclic amines) is 1. The highest BCUT2D eigenvalue weighted by Crippen LogP contribution is 2.41. The lowest BCUT2D eigenvalue weighted by Gasteiger charge is -2.33. The van der Waals surface area contributed by atoms with Crippen molar-refractivity contribution in [3.05, 3.63) is 59.7 Å². The molecule has 0 spiro atoms. The number of benzene rings is 2. The van der Waals surface area contributed by atoms with Gasteiger partial charge in [0.05, 0.1) is 11.4 Å². The van der Waals surface area contributed by atoms with Crippen LogP contribution < -0.4 is 10.0 Å². The van der Waals surface area contributed by atoms with Crippen LogP contribution in [0.1, 0.15) is 54.9 Å². The second-order valence-corrected chi connectivity index (χ2v) is 11.0. The Balaban J connectivity index is 1.54. The van der Waals surface area contributed by atoms with Crippen LogP contribution in [-0.2, 0) is 14.8 Å². The van der Waals surface area contributed by atoms with Gasteiger partial charge in [0.2, 0.25) is 15.9 Å². The number of nitrogens with zero attached hydrogens (tertiary/aromatic N) is 1. The van der Waals surface area contributed by atoms with Gasteiger partial charge >= 0.3 is 0 Å². The molecule has 2 amide bonds. The number of rotatable bonds is 6.